The van der Waals surface area contributed by atoms with E-state index in [1.165, 1.54) is 24.3 Å². The molecule has 0 saturated carbocycles. The zero-order valence-corrected chi connectivity index (χ0v) is 63.3. The predicted octanol–water partition coefficient (Wildman–Crippen LogP) is 18.9. The SMILES string of the molecule is CC.CC(C)OC(=O)c1cccc(Cl)c1OC(C)C.CC(C)Oc1c(Cl)cccc1C=O.CC(C)Oc1c(Cl)cccc1CN(C)C(=O)/C=C/c1cnc2c(c1)CCC(=O)N2.CC(C)Oc1c(Cl)cccc1CO.CNCc1cccc(Cl)c1OC(C)C.O=C(O)c1cccc(Cl)c1O. The highest BCUT2D eigenvalue weighted by atomic mass is 35.5. The van der Waals surface area contributed by atoms with Crippen LogP contribution in [0.3, 0.4) is 0 Å². The molecule has 1 aliphatic heterocycles. The van der Waals surface area contributed by atoms with Gasteiger partial charge in [-0.1, -0.05) is 138 Å². The summed E-state index contributed by atoms with van der Waals surface area (Å²) in [5, 5.41) is 35.1. The molecule has 2 amide bonds. The van der Waals surface area contributed by atoms with Crippen molar-refractivity contribution in [1.82, 2.24) is 15.2 Å². The number of aromatic hydroxyl groups is 1. The van der Waals surface area contributed by atoms with Crippen LogP contribution in [0.4, 0.5) is 5.82 Å². The molecule has 0 radical (unpaired) electrons. The van der Waals surface area contributed by atoms with Crippen LogP contribution in [0.5, 0.6) is 34.5 Å². The first-order chi connectivity index (χ1) is 46.8. The van der Waals surface area contributed by atoms with Crippen LogP contribution in [0.1, 0.15) is 162 Å². The average Bonchev–Trinajstić information content (AvgIpc) is 0.855. The number of likely N-dealkylation sites (N-methyl/N-ethyl adjacent to an activating group) is 1. The number of rotatable bonds is 21. The summed E-state index contributed by atoms with van der Waals surface area (Å²) < 4.78 is 33.0. The number of carboxylic acids is 1. The van der Waals surface area contributed by atoms with Gasteiger partial charge in [0.2, 0.25) is 11.8 Å². The Morgan fingerprint density at radius 3 is 1.48 bits per heavy atom. The molecule has 6 aromatic carbocycles. The number of esters is 1. The quantitative estimate of drug-likeness (QED) is 0.0255. The number of anilines is 1. The van der Waals surface area contributed by atoms with E-state index in [0.717, 1.165) is 46.4 Å². The molecular weight excluding hydrogens is 1390 g/mol. The Hall–Kier alpha value is -7.78. The third-order valence-corrected chi connectivity index (χ3v) is 14.2. The molecule has 0 spiro atoms. The maximum Gasteiger partial charge on any atom is 0.342 e. The van der Waals surface area contributed by atoms with Gasteiger partial charge in [-0.15, -0.1) is 0 Å². The van der Waals surface area contributed by atoms with Crippen LogP contribution in [0, 0.1) is 0 Å². The standard InChI is InChI=1S/C22H24ClN3O3.C13H17ClO3.C11H16ClNO.C10H13ClO2.C10H11ClO2.C7H5ClO3.C2H6/c1-14(2)29-21-17(5-4-6-18(21)23)13-26(3)20(28)10-7-15-11-16-8-9-19(27)25-22(16)24-12-15;1-8(2)16-12-10(6-5-7-11(12)14)13(15)17-9(3)4;1-8(2)14-11-9(7-13-3)5-4-6-10(11)12;2*1-7(2)13-10-8(6-12)4-3-5-9(10)11;8-5-3-1-2-4(6(5)9)7(10)11;1-2/h4-7,10-12,14H,8-9,13H2,1-3H3,(H,24,25,27);5-9H,1-4H3;4-6,8,13H,7H2,1-3H3;3-5,7,12H,6H2,1-2H3;3-7H,1-2H3;1-3,9H,(H,10,11);1-2H3/b10-7+;;;;;;. The lowest BCUT2D eigenvalue weighted by atomic mass is 10.0. The van der Waals surface area contributed by atoms with E-state index >= 15 is 0 Å². The van der Waals surface area contributed by atoms with Gasteiger partial charge in [0.15, 0.2) is 12.0 Å². The monoisotopic (exact) mass is 1480 g/mol. The van der Waals surface area contributed by atoms with Gasteiger partial charge in [0.1, 0.15) is 45.7 Å². The Balaban J connectivity index is 0.000000418. The number of pyridine rings is 1. The summed E-state index contributed by atoms with van der Waals surface area (Å²) >= 11 is 35.6. The van der Waals surface area contributed by atoms with Crippen molar-refractivity contribution < 1.29 is 67.7 Å². The smallest absolute Gasteiger partial charge is 0.342 e. The number of halogens is 6. The number of aromatic nitrogens is 1. The summed E-state index contributed by atoms with van der Waals surface area (Å²) in [5.41, 5.74) is 5.12. The van der Waals surface area contributed by atoms with E-state index in [1.54, 1.807) is 98.7 Å². The second-order valence-electron chi connectivity index (χ2n) is 22.8. The van der Waals surface area contributed by atoms with Crippen LogP contribution < -0.4 is 34.3 Å². The van der Waals surface area contributed by atoms with Gasteiger partial charge in [0.25, 0.3) is 0 Å². The van der Waals surface area contributed by atoms with E-state index in [-0.39, 0.29) is 71.4 Å². The number of carbonyl (C=O) groups excluding carboxylic acids is 4. The Bertz CT molecular complexity index is 3730. The average molecular weight is 1490 g/mol. The zero-order chi connectivity index (χ0) is 74.6. The normalized spacial score (nSPS) is 11.1. The Morgan fingerprint density at radius 1 is 0.586 bits per heavy atom. The molecule has 1 aliphatic rings. The fourth-order valence-corrected chi connectivity index (χ4v) is 9.64. The maximum atomic E-state index is 12.6. The molecule has 0 unspecified atom stereocenters. The lowest BCUT2D eigenvalue weighted by molar-refractivity contribution is -0.125. The first kappa shape index (κ1) is 87.3. The van der Waals surface area contributed by atoms with Gasteiger partial charge in [-0.05, 0) is 174 Å². The van der Waals surface area contributed by atoms with E-state index < -0.39 is 11.9 Å². The minimum atomic E-state index is -1.19. The van der Waals surface area contributed by atoms with Crippen molar-refractivity contribution in [2.24, 2.45) is 0 Å². The number of para-hydroxylation sites is 6. The molecule has 7 aromatic rings. The Labute approximate surface area is 612 Å². The molecule has 0 atom stereocenters. The summed E-state index contributed by atoms with van der Waals surface area (Å²) in [6.07, 6.45) is 6.69. The highest BCUT2D eigenvalue weighted by molar-refractivity contribution is 6.34. The van der Waals surface area contributed by atoms with E-state index in [1.807, 2.05) is 127 Å². The number of aliphatic hydroxyl groups is 1. The molecule has 8 rings (SSSR count). The molecular formula is C75H92Cl6N4O14. The van der Waals surface area contributed by atoms with Gasteiger partial charge in [0.05, 0.1) is 78.9 Å². The van der Waals surface area contributed by atoms with Crippen molar-refractivity contribution in [3.8, 4) is 34.5 Å². The first-order valence-electron chi connectivity index (χ1n) is 31.9. The second-order valence-corrected chi connectivity index (χ2v) is 25.3. The van der Waals surface area contributed by atoms with Crippen LogP contribution in [0.15, 0.2) is 128 Å². The summed E-state index contributed by atoms with van der Waals surface area (Å²) in [5.74, 6) is 1.27. The topological polar surface area (TPSA) is 242 Å². The minimum Gasteiger partial charge on any atom is -0.505 e. The number of fused-ring (bicyclic) bond motifs is 1. The van der Waals surface area contributed by atoms with Gasteiger partial charge in [-0.25, -0.2) is 14.6 Å². The number of nitrogens with zero attached hydrogens (tertiary/aromatic N) is 2. The number of hydrogen-bond donors (Lipinski definition) is 5. The number of aromatic carboxylic acids is 1. The number of aldehydes is 1. The molecule has 2 heterocycles. The lowest BCUT2D eigenvalue weighted by Gasteiger charge is -2.20. The number of benzene rings is 6. The fourth-order valence-electron chi connectivity index (χ4n) is 8.31. The fraction of sp³-hybridized carbons (Fsp3) is 0.360. The van der Waals surface area contributed by atoms with Crippen LogP contribution in [-0.2, 0) is 40.4 Å². The Morgan fingerprint density at radius 2 is 1.01 bits per heavy atom. The molecule has 0 bridgehead atoms. The van der Waals surface area contributed by atoms with Gasteiger partial charge in [0, 0.05) is 55.5 Å². The highest BCUT2D eigenvalue weighted by Crippen LogP contribution is 2.35. The van der Waals surface area contributed by atoms with Gasteiger partial charge < -0.3 is 59.3 Å². The van der Waals surface area contributed by atoms with Crippen molar-refractivity contribution in [3.05, 3.63) is 202 Å². The second kappa shape index (κ2) is 45.8. The summed E-state index contributed by atoms with van der Waals surface area (Å²) in [6, 6.07) is 32.9. The van der Waals surface area contributed by atoms with E-state index in [0.29, 0.717) is 84.4 Å². The largest absolute Gasteiger partial charge is 0.505 e. The minimum absolute atomic E-state index is 0.0126. The van der Waals surface area contributed by atoms with Crippen molar-refractivity contribution in [2.75, 3.05) is 19.4 Å². The van der Waals surface area contributed by atoms with Crippen LogP contribution in [0.2, 0.25) is 30.1 Å². The molecule has 5 N–H and O–H groups in total. The number of aryl methyl sites for hydroxylation is 1. The summed E-state index contributed by atoms with van der Waals surface area (Å²) in [7, 11) is 3.63. The number of ether oxygens (including phenoxy) is 6. The third kappa shape index (κ3) is 31.1. The van der Waals surface area contributed by atoms with Crippen molar-refractivity contribution in [2.45, 2.75) is 166 Å². The van der Waals surface area contributed by atoms with E-state index in [2.05, 4.69) is 15.6 Å². The lowest BCUT2D eigenvalue weighted by Crippen LogP contribution is -2.24. The predicted molar refractivity (Wildman–Crippen MR) is 399 cm³/mol. The number of amides is 2. The summed E-state index contributed by atoms with van der Waals surface area (Å²) in [4.78, 5) is 62.7. The molecule has 0 fully saturated rings. The number of phenols is 1. The molecule has 0 saturated heterocycles. The molecule has 24 heteroatoms. The van der Waals surface area contributed by atoms with Gasteiger partial charge in [-0.2, -0.15) is 0 Å². The number of carbonyl (C=O) groups is 5. The van der Waals surface area contributed by atoms with Crippen molar-refractivity contribution in [3.63, 3.8) is 0 Å². The zero-order valence-electron chi connectivity index (χ0n) is 58.8. The van der Waals surface area contributed by atoms with Crippen LogP contribution >= 0.6 is 69.6 Å². The van der Waals surface area contributed by atoms with Crippen LogP contribution in [-0.4, -0.2) is 106 Å². The van der Waals surface area contributed by atoms with Crippen LogP contribution in [0.25, 0.3) is 6.08 Å². The third-order valence-electron chi connectivity index (χ3n) is 12.4. The van der Waals surface area contributed by atoms with E-state index in [4.69, 9.17) is 113 Å². The summed E-state index contributed by atoms with van der Waals surface area (Å²) in [6.45, 7) is 27.9. The molecule has 0 aliphatic carbocycles. The molecule has 99 heavy (non-hydrogen) atoms. The molecule has 18 nitrogen and oxygen atoms in total. The van der Waals surface area contributed by atoms with E-state index in [9.17, 15) is 24.0 Å². The Kier molecular flexibility index (Phi) is 40.4. The first-order valence-corrected chi connectivity index (χ1v) is 34.2. The number of aliphatic hydroxyl groups excluding tert-OH is 1. The van der Waals surface area contributed by atoms with Gasteiger partial charge >= 0.3 is 11.9 Å². The number of carboxylic acid groups (broad SMARTS) is 1. The van der Waals surface area contributed by atoms with Gasteiger partial charge in [-0.3, -0.25) is 14.4 Å². The maximum absolute atomic E-state index is 12.6. The highest BCUT2D eigenvalue weighted by Gasteiger charge is 2.21. The molecule has 1 aromatic heterocycles. The van der Waals surface area contributed by atoms with Crippen molar-refractivity contribution in [1.29, 1.82) is 0 Å². The number of hydrogen-bond acceptors (Lipinski definition) is 15. The number of nitrogens with one attached hydrogen (secondary N) is 2. The molecule has 538 valence electrons. The van der Waals surface area contributed by atoms with Crippen molar-refractivity contribution >= 4 is 112 Å².